The van der Waals surface area contributed by atoms with Crippen LogP contribution >= 0.6 is 0 Å². The van der Waals surface area contributed by atoms with E-state index in [1.807, 2.05) is 54.2 Å². The van der Waals surface area contributed by atoms with Crippen LogP contribution in [0.5, 0.6) is 0 Å². The second-order valence-electron chi connectivity index (χ2n) is 7.20. The molecule has 4 rings (SSSR count). The van der Waals surface area contributed by atoms with Crippen molar-refractivity contribution in [2.24, 2.45) is 0 Å². The highest BCUT2D eigenvalue weighted by molar-refractivity contribution is 5.82. The molecule has 1 unspecified atom stereocenters. The van der Waals surface area contributed by atoms with Gasteiger partial charge in [0.15, 0.2) is 0 Å². The highest BCUT2D eigenvalue weighted by Crippen LogP contribution is 2.20. The van der Waals surface area contributed by atoms with Crippen molar-refractivity contribution in [1.82, 2.24) is 24.8 Å². The Labute approximate surface area is 165 Å². The SMILES string of the molecule is Cc1nccn1-c1ccc(CNC(=O)C2CCCN2Cc2ccccc2)cn1. The van der Waals surface area contributed by atoms with E-state index in [1.54, 1.807) is 6.20 Å². The summed E-state index contributed by atoms with van der Waals surface area (Å²) in [7, 11) is 0. The molecule has 6 heteroatoms. The fraction of sp³-hybridized carbons (Fsp3) is 0.318. The molecular weight excluding hydrogens is 350 g/mol. The van der Waals surface area contributed by atoms with Gasteiger partial charge in [0.05, 0.1) is 6.04 Å². The second-order valence-corrected chi connectivity index (χ2v) is 7.20. The lowest BCUT2D eigenvalue weighted by molar-refractivity contribution is -0.125. The molecule has 3 heterocycles. The minimum absolute atomic E-state index is 0.0546. The summed E-state index contributed by atoms with van der Waals surface area (Å²) in [4.78, 5) is 23.7. The summed E-state index contributed by atoms with van der Waals surface area (Å²) in [6.07, 6.45) is 7.43. The van der Waals surface area contributed by atoms with Crippen LogP contribution in [-0.4, -0.2) is 37.9 Å². The van der Waals surface area contributed by atoms with E-state index in [0.29, 0.717) is 6.54 Å². The molecule has 28 heavy (non-hydrogen) atoms. The quantitative estimate of drug-likeness (QED) is 0.720. The number of hydrogen-bond acceptors (Lipinski definition) is 4. The Hall–Kier alpha value is -2.99. The third-order valence-electron chi connectivity index (χ3n) is 5.24. The average molecular weight is 375 g/mol. The lowest BCUT2D eigenvalue weighted by Gasteiger charge is -2.23. The molecule has 0 aliphatic carbocycles. The number of rotatable bonds is 6. The first-order valence-electron chi connectivity index (χ1n) is 9.71. The van der Waals surface area contributed by atoms with Gasteiger partial charge in [-0.3, -0.25) is 14.3 Å². The first-order valence-corrected chi connectivity index (χ1v) is 9.71. The zero-order valence-corrected chi connectivity index (χ0v) is 16.1. The van der Waals surface area contributed by atoms with Gasteiger partial charge >= 0.3 is 0 Å². The molecule has 2 aromatic heterocycles. The van der Waals surface area contributed by atoms with Gasteiger partial charge in [0.25, 0.3) is 0 Å². The van der Waals surface area contributed by atoms with E-state index in [0.717, 1.165) is 43.1 Å². The number of aryl methyl sites for hydroxylation is 1. The van der Waals surface area contributed by atoms with Crippen molar-refractivity contribution < 1.29 is 4.79 Å². The highest BCUT2D eigenvalue weighted by Gasteiger charge is 2.30. The van der Waals surface area contributed by atoms with Crippen molar-refractivity contribution in [3.05, 3.63) is 78.0 Å². The van der Waals surface area contributed by atoms with Crippen LogP contribution in [0.3, 0.4) is 0 Å². The van der Waals surface area contributed by atoms with Gasteiger partial charge in [-0.25, -0.2) is 9.97 Å². The lowest BCUT2D eigenvalue weighted by Crippen LogP contribution is -2.42. The number of benzene rings is 1. The summed E-state index contributed by atoms with van der Waals surface area (Å²) >= 11 is 0. The maximum Gasteiger partial charge on any atom is 0.237 e. The number of amides is 1. The molecule has 1 amide bonds. The largest absolute Gasteiger partial charge is 0.351 e. The van der Waals surface area contributed by atoms with Gasteiger partial charge in [-0.05, 0) is 43.5 Å². The van der Waals surface area contributed by atoms with Crippen LogP contribution < -0.4 is 5.32 Å². The van der Waals surface area contributed by atoms with E-state index in [9.17, 15) is 4.79 Å². The van der Waals surface area contributed by atoms with Gasteiger partial charge in [0, 0.05) is 31.7 Å². The third kappa shape index (κ3) is 4.12. The number of imidazole rings is 1. The third-order valence-corrected chi connectivity index (χ3v) is 5.24. The summed E-state index contributed by atoms with van der Waals surface area (Å²) in [5.41, 5.74) is 2.24. The van der Waals surface area contributed by atoms with Crippen LogP contribution in [0.1, 0.15) is 29.8 Å². The topological polar surface area (TPSA) is 63.1 Å². The van der Waals surface area contributed by atoms with Gasteiger partial charge in [-0.15, -0.1) is 0 Å². The number of pyridine rings is 1. The van der Waals surface area contributed by atoms with Crippen LogP contribution in [0, 0.1) is 6.92 Å². The van der Waals surface area contributed by atoms with Crippen LogP contribution in [0.4, 0.5) is 0 Å². The predicted octanol–water partition coefficient (Wildman–Crippen LogP) is 2.86. The Morgan fingerprint density at radius 2 is 2.00 bits per heavy atom. The van der Waals surface area contributed by atoms with E-state index in [4.69, 9.17) is 0 Å². The molecule has 0 saturated carbocycles. The van der Waals surface area contributed by atoms with E-state index in [-0.39, 0.29) is 11.9 Å². The second kappa shape index (κ2) is 8.35. The van der Waals surface area contributed by atoms with Crippen molar-refractivity contribution >= 4 is 5.91 Å². The summed E-state index contributed by atoms with van der Waals surface area (Å²) in [5.74, 6) is 1.83. The summed E-state index contributed by atoms with van der Waals surface area (Å²) in [6.45, 7) is 4.22. The van der Waals surface area contributed by atoms with Gasteiger partial charge in [-0.1, -0.05) is 36.4 Å². The van der Waals surface area contributed by atoms with Crippen molar-refractivity contribution in [3.8, 4) is 5.82 Å². The van der Waals surface area contributed by atoms with Crippen LogP contribution in [0.2, 0.25) is 0 Å². The minimum Gasteiger partial charge on any atom is -0.351 e. The standard InChI is InChI=1S/C22H25N5O/c1-17-23-11-13-27(17)21-10-9-19(14-24-21)15-25-22(28)20-8-5-12-26(20)16-18-6-3-2-4-7-18/h2-4,6-7,9-11,13-14,20H,5,8,12,15-16H2,1H3,(H,25,28). The van der Waals surface area contributed by atoms with E-state index >= 15 is 0 Å². The number of nitrogens with one attached hydrogen (secondary N) is 1. The zero-order chi connectivity index (χ0) is 19.3. The van der Waals surface area contributed by atoms with Crippen LogP contribution in [0.15, 0.2) is 61.1 Å². The number of carbonyl (C=O) groups excluding carboxylic acids is 1. The van der Waals surface area contributed by atoms with E-state index in [1.165, 1.54) is 5.56 Å². The first-order chi connectivity index (χ1) is 13.7. The van der Waals surface area contributed by atoms with Crippen LogP contribution in [0.25, 0.3) is 5.82 Å². The molecule has 0 radical (unpaired) electrons. The Morgan fingerprint density at radius 3 is 2.71 bits per heavy atom. The molecule has 1 fully saturated rings. The molecular formula is C22H25N5O. The highest BCUT2D eigenvalue weighted by atomic mass is 16.2. The molecule has 144 valence electrons. The van der Waals surface area contributed by atoms with Crippen molar-refractivity contribution in [2.75, 3.05) is 6.54 Å². The van der Waals surface area contributed by atoms with Gasteiger partial charge in [-0.2, -0.15) is 0 Å². The van der Waals surface area contributed by atoms with Gasteiger partial charge in [0.2, 0.25) is 5.91 Å². The summed E-state index contributed by atoms with van der Waals surface area (Å²) in [6, 6.07) is 14.2. The maximum atomic E-state index is 12.7. The monoisotopic (exact) mass is 375 g/mol. The number of aromatic nitrogens is 3. The molecule has 3 aromatic rings. The molecule has 1 atom stereocenters. The smallest absolute Gasteiger partial charge is 0.237 e. The molecule has 1 aliphatic heterocycles. The number of likely N-dealkylation sites (tertiary alicyclic amines) is 1. The molecule has 1 N–H and O–H groups in total. The van der Waals surface area contributed by atoms with E-state index in [2.05, 4.69) is 32.3 Å². The van der Waals surface area contributed by atoms with Crippen LogP contribution in [-0.2, 0) is 17.9 Å². The van der Waals surface area contributed by atoms with Crippen molar-refractivity contribution in [3.63, 3.8) is 0 Å². The zero-order valence-electron chi connectivity index (χ0n) is 16.1. The Balaban J connectivity index is 1.34. The molecule has 0 bridgehead atoms. The normalized spacial score (nSPS) is 17.0. The molecule has 6 nitrogen and oxygen atoms in total. The predicted molar refractivity (Wildman–Crippen MR) is 108 cm³/mol. The number of nitrogens with zero attached hydrogens (tertiary/aromatic N) is 4. The fourth-order valence-corrected chi connectivity index (χ4v) is 3.72. The average Bonchev–Trinajstić information content (AvgIpc) is 3.36. The summed E-state index contributed by atoms with van der Waals surface area (Å²) < 4.78 is 1.93. The summed E-state index contributed by atoms with van der Waals surface area (Å²) in [5, 5.41) is 3.08. The molecule has 1 aromatic carbocycles. The number of hydrogen-bond donors (Lipinski definition) is 1. The fourth-order valence-electron chi connectivity index (χ4n) is 3.72. The van der Waals surface area contributed by atoms with Gasteiger partial charge in [0.1, 0.15) is 11.6 Å². The Morgan fingerprint density at radius 1 is 1.14 bits per heavy atom. The van der Waals surface area contributed by atoms with Gasteiger partial charge < -0.3 is 5.32 Å². The van der Waals surface area contributed by atoms with E-state index < -0.39 is 0 Å². The number of carbonyl (C=O) groups is 1. The van der Waals surface area contributed by atoms with Crippen molar-refractivity contribution in [1.29, 1.82) is 0 Å². The Kier molecular flexibility index (Phi) is 5.48. The molecule has 1 saturated heterocycles. The first kappa shape index (κ1) is 18.4. The minimum atomic E-state index is -0.0546. The Bertz CT molecular complexity index is 920. The molecule has 0 spiro atoms. The van der Waals surface area contributed by atoms with Crippen molar-refractivity contribution in [2.45, 2.75) is 38.9 Å². The lowest BCUT2D eigenvalue weighted by atomic mass is 10.1. The molecule has 1 aliphatic rings. The maximum absolute atomic E-state index is 12.7.